The van der Waals surface area contributed by atoms with Crippen LogP contribution < -0.4 is 5.32 Å². The molecule has 0 bridgehead atoms. The van der Waals surface area contributed by atoms with Crippen LogP contribution in [0.1, 0.15) is 44.1 Å². The second kappa shape index (κ2) is 7.71. The molecule has 1 amide bonds. The lowest BCUT2D eigenvalue weighted by atomic mass is 9.86. The summed E-state index contributed by atoms with van der Waals surface area (Å²) in [5, 5.41) is 19.7. The Morgan fingerprint density at radius 2 is 2.20 bits per heavy atom. The monoisotopic (exact) mass is 495 g/mol. The van der Waals surface area contributed by atoms with Gasteiger partial charge in [-0.05, 0) is 31.6 Å². The van der Waals surface area contributed by atoms with E-state index in [1.807, 2.05) is 6.92 Å². The van der Waals surface area contributed by atoms with Gasteiger partial charge in [-0.1, -0.05) is 18.5 Å². The van der Waals surface area contributed by atoms with Crippen molar-refractivity contribution < 1.29 is 13.6 Å². The van der Waals surface area contributed by atoms with Crippen LogP contribution in [-0.2, 0) is 4.79 Å². The zero-order valence-corrected chi connectivity index (χ0v) is 19.4. The van der Waals surface area contributed by atoms with E-state index in [1.165, 1.54) is 6.20 Å². The molecule has 35 heavy (non-hydrogen) atoms. The highest BCUT2D eigenvalue weighted by Gasteiger charge is 2.45. The van der Waals surface area contributed by atoms with Crippen molar-refractivity contribution in [1.82, 2.24) is 24.6 Å². The van der Waals surface area contributed by atoms with Gasteiger partial charge in [0.2, 0.25) is 5.91 Å². The van der Waals surface area contributed by atoms with Crippen LogP contribution in [0.15, 0.2) is 24.8 Å². The molecule has 3 atom stereocenters. The van der Waals surface area contributed by atoms with Gasteiger partial charge in [0.25, 0.3) is 0 Å². The van der Waals surface area contributed by atoms with Crippen molar-refractivity contribution in [3.05, 3.63) is 41.2 Å². The summed E-state index contributed by atoms with van der Waals surface area (Å²) in [7, 11) is 0. The fourth-order valence-electron chi connectivity index (χ4n) is 4.79. The van der Waals surface area contributed by atoms with Gasteiger partial charge in [-0.3, -0.25) is 14.9 Å². The smallest absolute Gasteiger partial charge is 0.231 e. The molecule has 2 aliphatic carbocycles. The standard InChI is InChI=1S/C24H20ClF2N7O/c1-11(5-24(10-28)2-3-24)18-21(27)20(25)19(13-6-30-33-22(13)18)15-8-34-9-16(31-17(34)7-29-15)32-23(35)12-4-14(12)26/h6-9,11-12,14H,2-5H2,1H3,(H,30,33)(H,32,35)/t11?,12-,14+/m1/s1. The summed E-state index contributed by atoms with van der Waals surface area (Å²) < 4.78 is 30.5. The summed E-state index contributed by atoms with van der Waals surface area (Å²) in [6.07, 6.45) is 7.59. The quantitative estimate of drug-likeness (QED) is 0.384. The largest absolute Gasteiger partial charge is 0.309 e. The summed E-state index contributed by atoms with van der Waals surface area (Å²) in [5.41, 5.74) is 1.76. The van der Waals surface area contributed by atoms with E-state index in [4.69, 9.17) is 11.6 Å². The summed E-state index contributed by atoms with van der Waals surface area (Å²) in [5.74, 6) is -1.57. The highest BCUT2D eigenvalue weighted by molar-refractivity contribution is 6.35. The number of aromatic nitrogens is 5. The van der Waals surface area contributed by atoms with E-state index in [1.54, 1.807) is 23.0 Å². The molecular formula is C24H20ClF2N7O. The molecule has 3 aromatic heterocycles. The van der Waals surface area contributed by atoms with Crippen molar-refractivity contribution in [3.8, 4) is 17.3 Å². The number of alkyl halides is 1. The number of nitriles is 1. The van der Waals surface area contributed by atoms with Gasteiger partial charge in [0.05, 0.1) is 52.2 Å². The highest BCUT2D eigenvalue weighted by Crippen LogP contribution is 2.53. The van der Waals surface area contributed by atoms with Crippen molar-refractivity contribution in [1.29, 1.82) is 5.26 Å². The number of rotatable bonds is 6. The van der Waals surface area contributed by atoms with Crippen molar-refractivity contribution in [2.45, 2.75) is 44.7 Å². The van der Waals surface area contributed by atoms with Gasteiger partial charge >= 0.3 is 0 Å². The minimum absolute atomic E-state index is 0.0780. The van der Waals surface area contributed by atoms with Gasteiger partial charge in [-0.2, -0.15) is 10.4 Å². The number of aromatic amines is 1. The van der Waals surface area contributed by atoms with E-state index >= 15 is 4.39 Å². The first-order chi connectivity index (χ1) is 16.8. The normalized spacial score (nSPS) is 21.1. The van der Waals surface area contributed by atoms with Crippen LogP contribution >= 0.6 is 11.6 Å². The van der Waals surface area contributed by atoms with Crippen LogP contribution in [0.5, 0.6) is 0 Å². The van der Waals surface area contributed by atoms with Crippen LogP contribution in [0.2, 0.25) is 5.02 Å². The van der Waals surface area contributed by atoms with E-state index in [0.717, 1.165) is 12.8 Å². The van der Waals surface area contributed by atoms with Crippen molar-refractivity contribution in [2.24, 2.45) is 11.3 Å². The molecular weight excluding hydrogens is 476 g/mol. The minimum atomic E-state index is -1.10. The first-order valence-corrected chi connectivity index (χ1v) is 11.7. The first kappa shape index (κ1) is 21.9. The summed E-state index contributed by atoms with van der Waals surface area (Å²) in [6, 6.07) is 2.36. The van der Waals surface area contributed by atoms with Crippen molar-refractivity contribution in [3.63, 3.8) is 0 Å². The number of H-pyrrole nitrogens is 1. The molecule has 2 saturated carbocycles. The van der Waals surface area contributed by atoms with Gasteiger partial charge in [0.1, 0.15) is 12.0 Å². The number of hydrogen-bond donors (Lipinski definition) is 2. The molecule has 3 heterocycles. The van der Waals surface area contributed by atoms with E-state index in [-0.39, 0.29) is 23.2 Å². The third-order valence-corrected chi connectivity index (χ3v) is 7.36. The van der Waals surface area contributed by atoms with E-state index in [0.29, 0.717) is 39.8 Å². The number of carbonyl (C=O) groups excluding carboxylic acids is 1. The molecule has 2 fully saturated rings. The highest BCUT2D eigenvalue weighted by atomic mass is 35.5. The number of anilines is 1. The molecule has 6 rings (SSSR count). The number of fused-ring (bicyclic) bond motifs is 2. The molecule has 1 aromatic carbocycles. The van der Waals surface area contributed by atoms with Gasteiger partial charge in [-0.15, -0.1) is 0 Å². The molecule has 0 spiro atoms. The Hall–Kier alpha value is -3.58. The Labute approximate surface area is 203 Å². The molecule has 11 heteroatoms. The van der Waals surface area contributed by atoms with Crippen LogP contribution in [0.25, 0.3) is 27.8 Å². The average Bonchev–Trinajstić information content (AvgIpc) is 3.66. The molecule has 0 saturated heterocycles. The van der Waals surface area contributed by atoms with Gasteiger partial charge in [0, 0.05) is 22.7 Å². The maximum Gasteiger partial charge on any atom is 0.231 e. The fourth-order valence-corrected chi connectivity index (χ4v) is 5.09. The SMILES string of the molecule is CC(CC1(C#N)CC1)c1c(F)c(Cl)c(-c2cn3cc(NC(=O)[C@@H]4C[C@@H]4F)nc3cn2)c2cn[nH]c12. The maximum atomic E-state index is 15.7. The number of carbonyl (C=O) groups is 1. The number of benzene rings is 1. The van der Waals surface area contributed by atoms with E-state index in [2.05, 4.69) is 31.6 Å². The van der Waals surface area contributed by atoms with Crippen molar-refractivity contribution >= 4 is 39.9 Å². The predicted molar refractivity (Wildman–Crippen MR) is 125 cm³/mol. The zero-order valence-electron chi connectivity index (χ0n) is 18.6. The third-order valence-electron chi connectivity index (χ3n) is 7.01. The molecule has 8 nitrogen and oxygen atoms in total. The number of nitrogens with one attached hydrogen (secondary N) is 2. The van der Waals surface area contributed by atoms with Crippen LogP contribution in [-0.4, -0.2) is 36.6 Å². The summed E-state index contributed by atoms with van der Waals surface area (Å²) in [4.78, 5) is 20.8. The Balaban J connectivity index is 1.39. The third kappa shape index (κ3) is 3.62. The second-order valence-corrected chi connectivity index (χ2v) is 9.96. The number of amides is 1. The Morgan fingerprint density at radius 3 is 2.89 bits per heavy atom. The topological polar surface area (TPSA) is 112 Å². The lowest BCUT2D eigenvalue weighted by molar-refractivity contribution is -0.117. The molecule has 0 radical (unpaired) electrons. The summed E-state index contributed by atoms with van der Waals surface area (Å²) >= 11 is 6.58. The Bertz CT molecular complexity index is 1550. The molecule has 2 aliphatic rings. The Morgan fingerprint density at radius 1 is 1.43 bits per heavy atom. The molecule has 1 unspecified atom stereocenters. The average molecular weight is 496 g/mol. The first-order valence-electron chi connectivity index (χ1n) is 11.4. The maximum absolute atomic E-state index is 15.7. The lowest BCUT2D eigenvalue weighted by Gasteiger charge is -2.19. The predicted octanol–water partition coefficient (Wildman–Crippen LogP) is 5.16. The molecule has 178 valence electrons. The number of nitrogens with zero attached hydrogens (tertiary/aromatic N) is 5. The molecule has 0 aliphatic heterocycles. The number of halogens is 3. The van der Waals surface area contributed by atoms with Gasteiger partial charge in [0.15, 0.2) is 11.5 Å². The van der Waals surface area contributed by atoms with Crippen molar-refractivity contribution in [2.75, 3.05) is 5.32 Å². The lowest BCUT2D eigenvalue weighted by Crippen LogP contribution is -2.15. The minimum Gasteiger partial charge on any atom is -0.309 e. The molecule has 4 aromatic rings. The van der Waals surface area contributed by atoms with Crippen LogP contribution in [0.3, 0.4) is 0 Å². The Kier molecular flexibility index (Phi) is 4.83. The van der Waals surface area contributed by atoms with Crippen LogP contribution in [0.4, 0.5) is 14.6 Å². The van der Waals surface area contributed by atoms with Gasteiger partial charge in [-0.25, -0.2) is 13.8 Å². The van der Waals surface area contributed by atoms with Gasteiger partial charge < -0.3 is 9.72 Å². The summed E-state index contributed by atoms with van der Waals surface area (Å²) in [6.45, 7) is 1.89. The number of imidazole rings is 1. The second-order valence-electron chi connectivity index (χ2n) is 9.58. The number of hydrogen-bond acceptors (Lipinski definition) is 5. The molecule has 2 N–H and O–H groups in total. The van der Waals surface area contributed by atoms with E-state index < -0.39 is 29.2 Å². The van der Waals surface area contributed by atoms with E-state index in [9.17, 15) is 14.4 Å². The van der Waals surface area contributed by atoms with Crippen LogP contribution in [0, 0.1) is 28.5 Å². The fraction of sp³-hybridized carbons (Fsp3) is 0.375. The zero-order chi connectivity index (χ0) is 24.5.